The van der Waals surface area contributed by atoms with Crippen LogP contribution >= 0.6 is 0 Å². The van der Waals surface area contributed by atoms with Crippen molar-refractivity contribution in [3.05, 3.63) is 0 Å². The Morgan fingerprint density at radius 3 is 1.16 bits per heavy atom. The second-order valence-corrected chi connectivity index (χ2v) is 11.5. The van der Waals surface area contributed by atoms with Crippen molar-refractivity contribution in [1.29, 1.82) is 0 Å². The van der Waals surface area contributed by atoms with E-state index in [4.69, 9.17) is 0 Å². The molecule has 1 saturated heterocycles. The molecular formula is C32H63N3O2. The number of hydrogen-bond acceptors (Lipinski definition) is 3. The maximum Gasteiger partial charge on any atom is 0.325 e. The summed E-state index contributed by atoms with van der Waals surface area (Å²) in [5.74, 6) is -0.0839. The van der Waals surface area contributed by atoms with Crippen LogP contribution in [-0.4, -0.2) is 48.0 Å². The summed E-state index contributed by atoms with van der Waals surface area (Å²) in [4.78, 5) is 27.9. The first-order chi connectivity index (χ1) is 18.2. The number of nitrogens with zero attached hydrogens (tertiary/aromatic N) is 2. The van der Waals surface area contributed by atoms with Crippen molar-refractivity contribution in [3.8, 4) is 0 Å². The van der Waals surface area contributed by atoms with Gasteiger partial charge in [-0.3, -0.25) is 9.69 Å². The molecule has 1 heterocycles. The number of carbonyl (C=O) groups is 2. The summed E-state index contributed by atoms with van der Waals surface area (Å²) in [7, 11) is 0. The first kappa shape index (κ1) is 33.9. The second-order valence-electron chi connectivity index (χ2n) is 11.5. The van der Waals surface area contributed by atoms with Gasteiger partial charge in [0.2, 0.25) is 0 Å². The third-order valence-corrected chi connectivity index (χ3v) is 7.93. The van der Waals surface area contributed by atoms with Gasteiger partial charge in [-0.25, -0.2) is 9.69 Å². The average Bonchev–Trinajstić information content (AvgIpc) is 3.21. The van der Waals surface area contributed by atoms with Crippen LogP contribution in [0.1, 0.15) is 168 Å². The van der Waals surface area contributed by atoms with E-state index in [1.54, 1.807) is 0 Å². The molecule has 0 aliphatic carbocycles. The molecule has 1 rings (SSSR count). The summed E-state index contributed by atoms with van der Waals surface area (Å²) in [5.41, 5.74) is 0. The van der Waals surface area contributed by atoms with E-state index in [1.807, 2.05) is 0 Å². The molecule has 5 heteroatoms. The van der Waals surface area contributed by atoms with Crippen molar-refractivity contribution in [1.82, 2.24) is 15.1 Å². The number of unbranched alkanes of at least 4 members (excludes halogenated alkanes) is 22. The summed E-state index contributed by atoms with van der Waals surface area (Å²) in [6, 6.07) is -0.223. The molecule has 0 bridgehead atoms. The van der Waals surface area contributed by atoms with Gasteiger partial charge < -0.3 is 5.32 Å². The van der Waals surface area contributed by atoms with E-state index < -0.39 is 0 Å². The molecule has 37 heavy (non-hydrogen) atoms. The van der Waals surface area contributed by atoms with E-state index in [9.17, 15) is 9.59 Å². The Morgan fingerprint density at radius 2 is 0.865 bits per heavy atom. The van der Waals surface area contributed by atoms with Gasteiger partial charge >= 0.3 is 6.03 Å². The Balaban J connectivity index is 2.11. The predicted molar refractivity (Wildman–Crippen MR) is 159 cm³/mol. The largest absolute Gasteiger partial charge is 0.328 e. The molecule has 0 aromatic carbocycles. The quantitative estimate of drug-likeness (QED) is 0.0824. The lowest BCUT2D eigenvalue weighted by Gasteiger charge is -2.26. The fraction of sp³-hybridized carbons (Fsp3) is 0.938. The highest BCUT2D eigenvalue weighted by Gasteiger charge is 2.29. The predicted octanol–water partition coefficient (Wildman–Crippen LogP) is 9.20. The molecule has 0 radical (unpaired) electrons. The fourth-order valence-corrected chi connectivity index (χ4v) is 5.40. The van der Waals surface area contributed by atoms with E-state index in [0.29, 0.717) is 6.67 Å². The van der Waals surface area contributed by atoms with Crippen LogP contribution < -0.4 is 5.32 Å². The first-order valence-corrected chi connectivity index (χ1v) is 16.5. The molecule has 218 valence electrons. The second kappa shape index (κ2) is 25.2. The number of amides is 3. The van der Waals surface area contributed by atoms with Gasteiger partial charge in [0.15, 0.2) is 0 Å². The van der Waals surface area contributed by atoms with Gasteiger partial charge in [0, 0.05) is 0 Å². The topological polar surface area (TPSA) is 52.6 Å². The summed E-state index contributed by atoms with van der Waals surface area (Å²) in [6.45, 7) is 7.16. The zero-order chi connectivity index (χ0) is 26.8. The Kier molecular flexibility index (Phi) is 23.1. The minimum atomic E-state index is -0.223. The molecule has 3 amide bonds. The monoisotopic (exact) mass is 521 g/mol. The van der Waals surface area contributed by atoms with Crippen LogP contribution in [0.4, 0.5) is 4.79 Å². The van der Waals surface area contributed by atoms with Crippen LogP contribution in [0, 0.1) is 0 Å². The van der Waals surface area contributed by atoms with Crippen LogP contribution in [0.2, 0.25) is 0 Å². The smallest absolute Gasteiger partial charge is 0.325 e. The van der Waals surface area contributed by atoms with Crippen LogP contribution in [0.25, 0.3) is 0 Å². The highest BCUT2D eigenvalue weighted by atomic mass is 16.2. The van der Waals surface area contributed by atoms with E-state index in [-0.39, 0.29) is 18.5 Å². The zero-order valence-electron chi connectivity index (χ0n) is 25.0. The first-order valence-electron chi connectivity index (χ1n) is 16.5. The number of carbonyl (C=O) groups excluding carboxylic acids is 2. The number of rotatable bonds is 28. The third kappa shape index (κ3) is 19.6. The van der Waals surface area contributed by atoms with Gasteiger partial charge in [0.05, 0.1) is 13.2 Å². The highest BCUT2D eigenvalue weighted by molar-refractivity contribution is 6.01. The third-order valence-electron chi connectivity index (χ3n) is 7.93. The summed E-state index contributed by atoms with van der Waals surface area (Å²) in [5, 5.41) is 2.67. The van der Waals surface area contributed by atoms with Crippen LogP contribution in [0.5, 0.6) is 0 Å². The van der Waals surface area contributed by atoms with E-state index in [1.165, 1.54) is 159 Å². The SMILES string of the molecule is CCCCCCCCCCCCCCN(CCCCCCCCCCCCCC)CN1C(=O)CNC1=O. The number of nitrogens with one attached hydrogen (secondary N) is 1. The molecule has 0 aromatic rings. The minimum Gasteiger partial charge on any atom is -0.328 e. The van der Waals surface area contributed by atoms with Crippen molar-refractivity contribution >= 4 is 11.9 Å². The molecule has 0 atom stereocenters. The minimum absolute atomic E-state index is 0.0839. The molecule has 1 fully saturated rings. The number of hydrogen-bond donors (Lipinski definition) is 1. The Bertz CT molecular complexity index is 496. The Morgan fingerprint density at radius 1 is 0.541 bits per heavy atom. The van der Waals surface area contributed by atoms with Crippen molar-refractivity contribution < 1.29 is 9.59 Å². The molecule has 1 N–H and O–H groups in total. The molecule has 1 aliphatic rings. The van der Waals surface area contributed by atoms with Crippen molar-refractivity contribution in [2.45, 2.75) is 168 Å². The lowest BCUT2D eigenvalue weighted by Crippen LogP contribution is -2.42. The highest BCUT2D eigenvalue weighted by Crippen LogP contribution is 2.14. The van der Waals surface area contributed by atoms with Gasteiger partial charge in [0.25, 0.3) is 5.91 Å². The van der Waals surface area contributed by atoms with Crippen LogP contribution in [-0.2, 0) is 4.79 Å². The standard InChI is InChI=1S/C32H63N3O2/c1-3-5-7-9-11-13-15-17-19-21-23-25-27-34(30-35-31(36)29-33-32(35)37)28-26-24-22-20-18-16-14-12-10-8-6-4-2/h3-30H2,1-2H3,(H,33,37). The fourth-order valence-electron chi connectivity index (χ4n) is 5.40. The number of imide groups is 1. The average molecular weight is 522 g/mol. The molecular weight excluding hydrogens is 458 g/mol. The molecule has 0 aromatic heterocycles. The molecule has 1 aliphatic heterocycles. The van der Waals surface area contributed by atoms with Gasteiger partial charge in [-0.05, 0) is 25.9 Å². The van der Waals surface area contributed by atoms with Gasteiger partial charge in [-0.2, -0.15) is 0 Å². The van der Waals surface area contributed by atoms with Crippen LogP contribution in [0.3, 0.4) is 0 Å². The molecule has 0 spiro atoms. The normalized spacial score (nSPS) is 13.8. The summed E-state index contributed by atoms with van der Waals surface area (Å²) in [6.07, 6.45) is 32.4. The zero-order valence-corrected chi connectivity index (χ0v) is 25.0. The molecule has 0 unspecified atom stereocenters. The van der Waals surface area contributed by atoms with Gasteiger partial charge in [-0.1, -0.05) is 155 Å². The van der Waals surface area contributed by atoms with E-state index in [2.05, 4.69) is 24.1 Å². The molecule has 0 saturated carbocycles. The summed E-state index contributed by atoms with van der Waals surface area (Å²) >= 11 is 0. The van der Waals surface area contributed by atoms with Gasteiger partial charge in [-0.15, -0.1) is 0 Å². The van der Waals surface area contributed by atoms with Crippen molar-refractivity contribution in [2.24, 2.45) is 0 Å². The lowest BCUT2D eigenvalue weighted by atomic mass is 10.0. The summed E-state index contributed by atoms with van der Waals surface area (Å²) < 4.78 is 0. The van der Waals surface area contributed by atoms with E-state index in [0.717, 1.165) is 13.1 Å². The Hall–Kier alpha value is -1.10. The van der Waals surface area contributed by atoms with Crippen molar-refractivity contribution in [3.63, 3.8) is 0 Å². The lowest BCUT2D eigenvalue weighted by molar-refractivity contribution is -0.126. The van der Waals surface area contributed by atoms with Gasteiger partial charge in [0.1, 0.15) is 0 Å². The maximum absolute atomic E-state index is 12.1. The number of urea groups is 1. The Labute approximate surface area is 230 Å². The van der Waals surface area contributed by atoms with Crippen molar-refractivity contribution in [2.75, 3.05) is 26.3 Å². The van der Waals surface area contributed by atoms with E-state index >= 15 is 0 Å². The maximum atomic E-state index is 12.1. The molecule has 5 nitrogen and oxygen atoms in total. The van der Waals surface area contributed by atoms with Crippen LogP contribution in [0.15, 0.2) is 0 Å².